The van der Waals surface area contributed by atoms with Crippen LogP contribution >= 0.6 is 0 Å². The molecule has 0 aromatic carbocycles. The Morgan fingerprint density at radius 1 is 1.46 bits per heavy atom. The molecule has 0 bridgehead atoms. The van der Waals surface area contributed by atoms with Crippen molar-refractivity contribution in [1.29, 1.82) is 0 Å². The van der Waals surface area contributed by atoms with Crippen molar-refractivity contribution in [3.8, 4) is 0 Å². The molecule has 0 aliphatic heterocycles. The number of nitrogens with one attached hydrogen (secondary N) is 1. The second-order valence-electron chi connectivity index (χ2n) is 3.99. The first-order valence-corrected chi connectivity index (χ1v) is 6.11. The summed E-state index contributed by atoms with van der Waals surface area (Å²) in [5.41, 5.74) is -0.776. The van der Waals surface area contributed by atoms with Crippen molar-refractivity contribution >= 4 is 10.0 Å². The monoisotopic (exact) mass is 207 g/mol. The first kappa shape index (κ1) is 10.9. The highest BCUT2D eigenvalue weighted by atomic mass is 32.2. The Balaban J connectivity index is 2.42. The molecule has 1 fully saturated rings. The van der Waals surface area contributed by atoms with Gasteiger partial charge < -0.3 is 5.11 Å². The van der Waals surface area contributed by atoms with E-state index >= 15 is 0 Å². The first-order chi connectivity index (χ1) is 5.86. The molecule has 78 valence electrons. The van der Waals surface area contributed by atoms with Crippen LogP contribution in [0.4, 0.5) is 0 Å². The van der Waals surface area contributed by atoms with Gasteiger partial charge in [0.05, 0.1) is 10.9 Å². The van der Waals surface area contributed by atoms with Gasteiger partial charge in [0.15, 0.2) is 0 Å². The van der Waals surface area contributed by atoms with Crippen molar-refractivity contribution in [2.45, 2.75) is 44.0 Å². The molecule has 0 spiro atoms. The fourth-order valence-electron chi connectivity index (χ4n) is 1.16. The number of aliphatic hydroxyl groups is 1. The summed E-state index contributed by atoms with van der Waals surface area (Å²) in [6, 6.07) is 0. The van der Waals surface area contributed by atoms with E-state index in [1.807, 2.05) is 0 Å². The van der Waals surface area contributed by atoms with Gasteiger partial charge in [-0.25, -0.2) is 13.1 Å². The Bertz CT molecular complexity index is 267. The third kappa shape index (κ3) is 2.65. The van der Waals surface area contributed by atoms with E-state index in [2.05, 4.69) is 4.72 Å². The molecule has 2 N–H and O–H groups in total. The zero-order valence-corrected chi connectivity index (χ0v) is 8.89. The van der Waals surface area contributed by atoms with Crippen molar-refractivity contribution in [3.63, 3.8) is 0 Å². The summed E-state index contributed by atoms with van der Waals surface area (Å²) in [6.07, 6.45) is 2.39. The fourth-order valence-corrected chi connectivity index (χ4v) is 1.97. The average Bonchev–Trinajstić information content (AvgIpc) is 1.97. The molecule has 1 saturated carbocycles. The van der Waals surface area contributed by atoms with Gasteiger partial charge in [-0.2, -0.15) is 0 Å². The highest BCUT2D eigenvalue weighted by molar-refractivity contribution is 7.90. The van der Waals surface area contributed by atoms with E-state index in [9.17, 15) is 13.5 Å². The maximum atomic E-state index is 11.3. The summed E-state index contributed by atoms with van der Waals surface area (Å²) in [4.78, 5) is 0. The molecule has 0 heterocycles. The molecule has 0 unspecified atom stereocenters. The Morgan fingerprint density at radius 2 is 2.00 bits per heavy atom. The molecule has 1 aliphatic carbocycles. The van der Waals surface area contributed by atoms with Gasteiger partial charge in [-0.05, 0) is 33.1 Å². The minimum absolute atomic E-state index is 0.160. The molecule has 13 heavy (non-hydrogen) atoms. The molecular formula is C8H17NO3S. The van der Waals surface area contributed by atoms with E-state index in [4.69, 9.17) is 0 Å². The normalized spacial score (nSPS) is 21.5. The minimum Gasteiger partial charge on any atom is -0.389 e. The fraction of sp³-hybridized carbons (Fsp3) is 1.00. The van der Waals surface area contributed by atoms with Crippen LogP contribution in [0.2, 0.25) is 0 Å². The molecule has 0 amide bonds. The first-order valence-electron chi connectivity index (χ1n) is 4.57. The van der Waals surface area contributed by atoms with E-state index in [-0.39, 0.29) is 6.54 Å². The number of sulfonamides is 1. The predicted molar refractivity (Wildman–Crippen MR) is 50.9 cm³/mol. The topological polar surface area (TPSA) is 66.4 Å². The summed E-state index contributed by atoms with van der Waals surface area (Å²) in [5.74, 6) is 0. The van der Waals surface area contributed by atoms with Gasteiger partial charge in [0.25, 0.3) is 0 Å². The molecule has 0 atom stereocenters. The summed E-state index contributed by atoms with van der Waals surface area (Å²) >= 11 is 0. The number of hydrogen-bond acceptors (Lipinski definition) is 3. The van der Waals surface area contributed by atoms with Gasteiger partial charge in [0.2, 0.25) is 10.0 Å². The zero-order valence-electron chi connectivity index (χ0n) is 8.08. The van der Waals surface area contributed by atoms with Crippen molar-refractivity contribution in [3.05, 3.63) is 0 Å². The van der Waals surface area contributed by atoms with E-state index in [1.165, 1.54) is 0 Å². The van der Waals surface area contributed by atoms with Crippen LogP contribution in [0.5, 0.6) is 0 Å². The van der Waals surface area contributed by atoms with Crippen molar-refractivity contribution < 1.29 is 13.5 Å². The van der Waals surface area contributed by atoms with Crippen molar-refractivity contribution in [2.75, 3.05) is 6.54 Å². The summed E-state index contributed by atoms with van der Waals surface area (Å²) in [5, 5.41) is 9.19. The van der Waals surface area contributed by atoms with Crippen LogP contribution in [0.25, 0.3) is 0 Å². The van der Waals surface area contributed by atoms with Crippen LogP contribution in [0.15, 0.2) is 0 Å². The molecular weight excluding hydrogens is 190 g/mol. The van der Waals surface area contributed by atoms with E-state index in [1.54, 1.807) is 13.8 Å². The van der Waals surface area contributed by atoms with Gasteiger partial charge in [-0.1, -0.05) is 0 Å². The third-order valence-electron chi connectivity index (χ3n) is 2.51. The Labute approximate surface area is 79.4 Å². The lowest BCUT2D eigenvalue weighted by molar-refractivity contribution is -0.0271. The molecule has 0 aromatic rings. The molecule has 0 radical (unpaired) electrons. The molecule has 4 nitrogen and oxygen atoms in total. The van der Waals surface area contributed by atoms with E-state index in [0.29, 0.717) is 12.8 Å². The maximum absolute atomic E-state index is 11.3. The number of hydrogen-bond donors (Lipinski definition) is 2. The second kappa shape index (κ2) is 3.55. The van der Waals surface area contributed by atoms with Gasteiger partial charge in [0.1, 0.15) is 0 Å². The maximum Gasteiger partial charge on any atom is 0.214 e. The summed E-state index contributed by atoms with van der Waals surface area (Å²) in [7, 11) is -3.22. The van der Waals surface area contributed by atoms with Crippen LogP contribution in [0.1, 0.15) is 33.1 Å². The van der Waals surface area contributed by atoms with E-state index in [0.717, 1.165) is 6.42 Å². The van der Waals surface area contributed by atoms with Crippen molar-refractivity contribution in [2.24, 2.45) is 0 Å². The molecule has 0 saturated heterocycles. The summed E-state index contributed by atoms with van der Waals surface area (Å²) < 4.78 is 25.0. The van der Waals surface area contributed by atoms with Gasteiger partial charge in [-0.15, -0.1) is 0 Å². The van der Waals surface area contributed by atoms with Crippen LogP contribution in [0.3, 0.4) is 0 Å². The average molecular weight is 207 g/mol. The quantitative estimate of drug-likeness (QED) is 0.693. The highest BCUT2D eigenvalue weighted by Gasteiger charge is 2.35. The predicted octanol–water partition coefficient (Wildman–Crippen LogP) is 0.229. The van der Waals surface area contributed by atoms with E-state index < -0.39 is 20.9 Å². The Morgan fingerprint density at radius 3 is 2.31 bits per heavy atom. The molecule has 0 aromatic heterocycles. The highest BCUT2D eigenvalue weighted by Crippen LogP contribution is 2.30. The Kier molecular flexibility index (Phi) is 2.99. The molecule has 1 rings (SSSR count). The third-order valence-corrected chi connectivity index (χ3v) is 4.30. The molecule has 5 heteroatoms. The SMILES string of the molecule is CC(C)S(=O)(=O)NCC1(O)CCC1. The molecule has 1 aliphatic rings. The standard InChI is InChI=1S/C8H17NO3S/c1-7(2)13(11,12)9-6-8(10)4-3-5-8/h7,9-10H,3-6H2,1-2H3. The second-order valence-corrected chi connectivity index (χ2v) is 6.31. The number of rotatable bonds is 4. The smallest absolute Gasteiger partial charge is 0.214 e. The largest absolute Gasteiger partial charge is 0.389 e. The van der Waals surface area contributed by atoms with Crippen molar-refractivity contribution in [1.82, 2.24) is 4.72 Å². The van der Waals surface area contributed by atoms with Crippen LogP contribution < -0.4 is 4.72 Å². The van der Waals surface area contributed by atoms with Gasteiger partial charge in [0, 0.05) is 6.54 Å². The summed E-state index contributed by atoms with van der Waals surface area (Å²) in [6.45, 7) is 3.40. The Hall–Kier alpha value is -0.130. The lowest BCUT2D eigenvalue weighted by Crippen LogP contribution is -2.48. The van der Waals surface area contributed by atoms with Crippen LogP contribution in [-0.4, -0.2) is 30.9 Å². The lowest BCUT2D eigenvalue weighted by Gasteiger charge is -2.36. The zero-order chi connectivity index (χ0) is 10.1. The van der Waals surface area contributed by atoms with Gasteiger partial charge in [-0.3, -0.25) is 0 Å². The lowest BCUT2D eigenvalue weighted by atomic mass is 9.81. The van der Waals surface area contributed by atoms with Gasteiger partial charge >= 0.3 is 0 Å². The minimum atomic E-state index is -3.22. The van der Waals surface area contributed by atoms with Crippen LogP contribution in [0, 0.1) is 0 Å². The van der Waals surface area contributed by atoms with Crippen LogP contribution in [-0.2, 0) is 10.0 Å².